The average Bonchev–Trinajstić information content (AvgIpc) is 2.97. The lowest BCUT2D eigenvalue weighted by atomic mass is 9.78. The third-order valence-corrected chi connectivity index (χ3v) is 4.36. The summed E-state index contributed by atoms with van der Waals surface area (Å²) in [6.07, 6.45) is 4.40. The Kier molecular flexibility index (Phi) is 3.11. The predicted octanol–water partition coefficient (Wildman–Crippen LogP) is 2.50. The first kappa shape index (κ1) is 12.3. The molecule has 0 heterocycles. The molecule has 2 rings (SSSR count). The standard InChI is InChI=1S/C14H20O3/c1-4-17-13(16)11-8-14(11,3)10-6-5-9(2)12(15)7-10/h5,10-11H,4,6-8H2,1-3H3/t10-,11-,14+/m1/s1. The van der Waals surface area contributed by atoms with Gasteiger partial charge in [0.2, 0.25) is 0 Å². The van der Waals surface area contributed by atoms with Crippen LogP contribution in [0.15, 0.2) is 11.6 Å². The molecule has 17 heavy (non-hydrogen) atoms. The van der Waals surface area contributed by atoms with E-state index in [4.69, 9.17) is 4.74 Å². The summed E-state index contributed by atoms with van der Waals surface area (Å²) >= 11 is 0. The molecule has 0 spiro atoms. The number of ether oxygens (including phenoxy) is 1. The highest BCUT2D eigenvalue weighted by Crippen LogP contribution is 2.60. The minimum absolute atomic E-state index is 0.00653. The minimum atomic E-state index is -0.0891. The number of Topliss-reactive ketones (excluding diaryl/α,β-unsaturated/α-hetero) is 1. The summed E-state index contributed by atoms with van der Waals surface area (Å²) in [6.45, 7) is 6.25. The normalized spacial score (nSPS) is 36.4. The number of esters is 1. The second-order valence-electron chi connectivity index (χ2n) is 5.46. The van der Waals surface area contributed by atoms with Gasteiger partial charge in [-0.2, -0.15) is 0 Å². The number of allylic oxidation sites excluding steroid dienone is 2. The molecule has 3 nitrogen and oxygen atoms in total. The molecule has 0 unspecified atom stereocenters. The van der Waals surface area contributed by atoms with Crippen molar-refractivity contribution >= 4 is 11.8 Å². The van der Waals surface area contributed by atoms with Crippen LogP contribution in [0.4, 0.5) is 0 Å². The Morgan fingerprint density at radius 3 is 2.88 bits per heavy atom. The van der Waals surface area contributed by atoms with E-state index < -0.39 is 0 Å². The highest BCUT2D eigenvalue weighted by Gasteiger charge is 2.59. The molecule has 0 saturated heterocycles. The molecule has 2 aliphatic carbocycles. The Morgan fingerprint density at radius 1 is 1.59 bits per heavy atom. The summed E-state index contributed by atoms with van der Waals surface area (Å²) in [5, 5.41) is 0. The molecule has 0 aromatic heterocycles. The first-order valence-electron chi connectivity index (χ1n) is 6.35. The largest absolute Gasteiger partial charge is 0.466 e. The van der Waals surface area contributed by atoms with E-state index in [2.05, 4.69) is 6.92 Å². The molecule has 0 N–H and O–H groups in total. The fourth-order valence-corrected chi connectivity index (χ4v) is 2.83. The Morgan fingerprint density at radius 2 is 2.29 bits per heavy atom. The molecule has 1 saturated carbocycles. The molecule has 0 aliphatic heterocycles. The van der Waals surface area contributed by atoms with Gasteiger partial charge in [-0.05, 0) is 43.6 Å². The van der Waals surface area contributed by atoms with E-state index in [-0.39, 0.29) is 23.1 Å². The number of hydrogen-bond acceptors (Lipinski definition) is 3. The lowest BCUT2D eigenvalue weighted by molar-refractivity contribution is -0.146. The molecule has 1 fully saturated rings. The summed E-state index contributed by atoms with van der Waals surface area (Å²) in [7, 11) is 0. The van der Waals surface area contributed by atoms with Crippen molar-refractivity contribution in [3.63, 3.8) is 0 Å². The van der Waals surface area contributed by atoms with Gasteiger partial charge >= 0.3 is 5.97 Å². The summed E-state index contributed by atoms with van der Waals surface area (Å²) in [5.74, 6) is 0.464. The Bertz CT molecular complexity index is 383. The zero-order valence-electron chi connectivity index (χ0n) is 10.8. The molecule has 0 amide bonds. The van der Waals surface area contributed by atoms with Crippen molar-refractivity contribution in [3.8, 4) is 0 Å². The summed E-state index contributed by atoms with van der Waals surface area (Å²) in [6, 6.07) is 0. The second-order valence-corrected chi connectivity index (χ2v) is 5.46. The van der Waals surface area contributed by atoms with E-state index >= 15 is 0 Å². The van der Waals surface area contributed by atoms with Gasteiger partial charge in [0, 0.05) is 6.42 Å². The van der Waals surface area contributed by atoms with Crippen LogP contribution in [0.1, 0.15) is 40.0 Å². The summed E-state index contributed by atoms with van der Waals surface area (Å²) in [4.78, 5) is 23.4. The van der Waals surface area contributed by atoms with Crippen molar-refractivity contribution in [2.45, 2.75) is 40.0 Å². The van der Waals surface area contributed by atoms with Crippen LogP contribution in [0, 0.1) is 17.3 Å². The molecule has 3 atom stereocenters. The number of ketones is 1. The topological polar surface area (TPSA) is 43.4 Å². The van der Waals surface area contributed by atoms with Gasteiger partial charge < -0.3 is 4.74 Å². The van der Waals surface area contributed by atoms with Crippen molar-refractivity contribution in [1.82, 2.24) is 0 Å². The van der Waals surface area contributed by atoms with E-state index in [1.807, 2.05) is 19.9 Å². The van der Waals surface area contributed by atoms with E-state index in [0.717, 1.165) is 18.4 Å². The lowest BCUT2D eigenvalue weighted by Gasteiger charge is -2.26. The minimum Gasteiger partial charge on any atom is -0.466 e. The van der Waals surface area contributed by atoms with Gasteiger partial charge in [0.05, 0.1) is 12.5 Å². The van der Waals surface area contributed by atoms with Gasteiger partial charge in [0.1, 0.15) is 0 Å². The van der Waals surface area contributed by atoms with Gasteiger partial charge in [0.15, 0.2) is 5.78 Å². The van der Waals surface area contributed by atoms with E-state index in [9.17, 15) is 9.59 Å². The Hall–Kier alpha value is -1.12. The Labute approximate surface area is 102 Å². The number of carbonyl (C=O) groups excluding carboxylic acids is 2. The van der Waals surface area contributed by atoms with Crippen molar-refractivity contribution in [2.75, 3.05) is 6.61 Å². The smallest absolute Gasteiger partial charge is 0.309 e. The number of rotatable bonds is 3. The van der Waals surface area contributed by atoms with Crippen molar-refractivity contribution < 1.29 is 14.3 Å². The van der Waals surface area contributed by atoms with Gasteiger partial charge in [-0.1, -0.05) is 13.0 Å². The first-order valence-corrected chi connectivity index (χ1v) is 6.35. The van der Waals surface area contributed by atoms with Gasteiger partial charge in [-0.15, -0.1) is 0 Å². The number of carbonyl (C=O) groups is 2. The van der Waals surface area contributed by atoms with Gasteiger partial charge in [-0.25, -0.2) is 0 Å². The Balaban J connectivity index is 2.01. The summed E-state index contributed by atoms with van der Waals surface area (Å²) < 4.78 is 5.06. The van der Waals surface area contributed by atoms with E-state index in [1.54, 1.807) is 0 Å². The van der Waals surface area contributed by atoms with E-state index in [0.29, 0.717) is 18.9 Å². The van der Waals surface area contributed by atoms with Crippen LogP contribution in [-0.4, -0.2) is 18.4 Å². The molecule has 0 bridgehead atoms. The quantitative estimate of drug-likeness (QED) is 0.707. The van der Waals surface area contributed by atoms with Crippen LogP contribution >= 0.6 is 0 Å². The van der Waals surface area contributed by atoms with Crippen LogP contribution < -0.4 is 0 Å². The fraction of sp³-hybridized carbons (Fsp3) is 0.714. The lowest BCUT2D eigenvalue weighted by Crippen LogP contribution is -2.25. The van der Waals surface area contributed by atoms with Crippen LogP contribution in [-0.2, 0) is 14.3 Å². The van der Waals surface area contributed by atoms with Crippen molar-refractivity contribution in [2.24, 2.45) is 17.3 Å². The van der Waals surface area contributed by atoms with E-state index in [1.165, 1.54) is 0 Å². The van der Waals surface area contributed by atoms with Crippen molar-refractivity contribution in [3.05, 3.63) is 11.6 Å². The molecule has 94 valence electrons. The molecular weight excluding hydrogens is 216 g/mol. The third-order valence-electron chi connectivity index (χ3n) is 4.36. The SMILES string of the molecule is CCOC(=O)[C@H]1C[C@@]1(C)[C@@H]1CC=C(C)C(=O)C1. The average molecular weight is 236 g/mol. The molecule has 0 radical (unpaired) electrons. The van der Waals surface area contributed by atoms with Crippen LogP contribution in [0.3, 0.4) is 0 Å². The van der Waals surface area contributed by atoms with Crippen LogP contribution in [0.5, 0.6) is 0 Å². The van der Waals surface area contributed by atoms with Crippen LogP contribution in [0.2, 0.25) is 0 Å². The third kappa shape index (κ3) is 2.15. The highest BCUT2D eigenvalue weighted by molar-refractivity contribution is 5.95. The second kappa shape index (κ2) is 4.28. The van der Waals surface area contributed by atoms with Gasteiger partial charge in [-0.3, -0.25) is 9.59 Å². The predicted molar refractivity (Wildman–Crippen MR) is 64.3 cm³/mol. The molecule has 0 aromatic carbocycles. The maximum atomic E-state index is 11.7. The highest BCUT2D eigenvalue weighted by atomic mass is 16.5. The number of hydrogen-bond donors (Lipinski definition) is 0. The zero-order valence-corrected chi connectivity index (χ0v) is 10.8. The fourth-order valence-electron chi connectivity index (χ4n) is 2.83. The van der Waals surface area contributed by atoms with Crippen LogP contribution in [0.25, 0.3) is 0 Å². The molecule has 0 aromatic rings. The zero-order chi connectivity index (χ0) is 12.6. The molecule has 3 heteroatoms. The molecular formula is C14H20O3. The molecule has 2 aliphatic rings. The monoisotopic (exact) mass is 236 g/mol. The first-order chi connectivity index (χ1) is 7.99. The maximum absolute atomic E-state index is 11.7. The summed E-state index contributed by atoms with van der Waals surface area (Å²) in [5.41, 5.74) is 0.859. The van der Waals surface area contributed by atoms with Gasteiger partial charge in [0.25, 0.3) is 0 Å². The van der Waals surface area contributed by atoms with Crippen molar-refractivity contribution in [1.29, 1.82) is 0 Å². The maximum Gasteiger partial charge on any atom is 0.309 e.